The molecule has 0 fully saturated rings. The molecule has 0 spiro atoms. The van der Waals surface area contributed by atoms with Crippen LogP contribution in [0, 0.1) is 0 Å². The van der Waals surface area contributed by atoms with E-state index in [0.29, 0.717) is 24.5 Å². The van der Waals surface area contributed by atoms with Crippen molar-refractivity contribution in [1.82, 2.24) is 10.3 Å². The third kappa shape index (κ3) is 5.61. The summed E-state index contributed by atoms with van der Waals surface area (Å²) in [5.41, 5.74) is 1.04. The fraction of sp³-hybridized carbons (Fsp3) is 0.583. The van der Waals surface area contributed by atoms with E-state index < -0.39 is 12.0 Å². The number of carbonyl (C=O) groups is 2. The molecule has 5 nitrogen and oxygen atoms in total. The van der Waals surface area contributed by atoms with E-state index in [1.165, 1.54) is 0 Å². The molecule has 1 aromatic heterocycles. The van der Waals surface area contributed by atoms with Crippen LogP contribution < -0.4 is 5.32 Å². The Hall–Kier alpha value is -1.08. The fourth-order valence-corrected chi connectivity index (χ4v) is 3.24. The predicted molar refractivity (Wildman–Crippen MR) is 77.6 cm³/mol. The molecule has 1 rings (SSSR count). The number of thioether (sulfide) groups is 1. The number of carboxylic acid groups (broad SMARTS) is 1. The van der Waals surface area contributed by atoms with Crippen LogP contribution in [0.25, 0.3) is 0 Å². The van der Waals surface area contributed by atoms with Gasteiger partial charge in [-0.15, -0.1) is 11.3 Å². The molecule has 2 N–H and O–H groups in total. The summed E-state index contributed by atoms with van der Waals surface area (Å²) in [5.74, 6) is 0.892. The second kappa shape index (κ2) is 8.16. The van der Waals surface area contributed by atoms with Gasteiger partial charge in [-0.2, -0.15) is 11.8 Å². The molecule has 106 valence electrons. The van der Waals surface area contributed by atoms with Crippen LogP contribution >= 0.6 is 23.1 Å². The van der Waals surface area contributed by atoms with Crippen molar-refractivity contribution >= 4 is 35.5 Å². The van der Waals surface area contributed by atoms with Crippen LogP contribution in [0.2, 0.25) is 0 Å². The highest BCUT2D eigenvalue weighted by Crippen LogP contribution is 2.22. The molecule has 0 radical (unpaired) electrons. The Morgan fingerprint density at radius 2 is 2.37 bits per heavy atom. The minimum absolute atomic E-state index is 0.417. The first-order valence-electron chi connectivity index (χ1n) is 5.99. The Kier molecular flexibility index (Phi) is 6.86. The Bertz CT molecular complexity index is 421. The molecule has 0 aliphatic rings. The van der Waals surface area contributed by atoms with Crippen molar-refractivity contribution in [1.29, 1.82) is 0 Å². The normalized spacial score (nSPS) is 12.4. The van der Waals surface area contributed by atoms with Gasteiger partial charge in [-0.05, 0) is 12.2 Å². The summed E-state index contributed by atoms with van der Waals surface area (Å²) in [6.45, 7) is 4.22. The number of amides is 1. The lowest BCUT2D eigenvalue weighted by atomic mass is 10.2. The molecule has 1 unspecified atom stereocenters. The van der Waals surface area contributed by atoms with E-state index in [-0.39, 0.29) is 0 Å². The average Bonchev–Trinajstić information content (AvgIpc) is 2.81. The molecule has 19 heavy (non-hydrogen) atoms. The summed E-state index contributed by atoms with van der Waals surface area (Å²) >= 11 is 3.29. The maximum absolute atomic E-state index is 10.8. The summed E-state index contributed by atoms with van der Waals surface area (Å²) in [6, 6.07) is -0.799. The average molecular weight is 302 g/mol. The molecule has 0 aromatic carbocycles. The summed E-state index contributed by atoms with van der Waals surface area (Å²) < 4.78 is 0. The topological polar surface area (TPSA) is 79.3 Å². The summed E-state index contributed by atoms with van der Waals surface area (Å²) in [6.07, 6.45) is 0.846. The third-order valence-corrected chi connectivity index (χ3v) is 4.65. The van der Waals surface area contributed by atoms with E-state index in [9.17, 15) is 9.59 Å². The summed E-state index contributed by atoms with van der Waals surface area (Å²) in [5, 5.41) is 14.3. The molecule has 0 bridgehead atoms. The molecule has 1 aromatic rings. The lowest BCUT2D eigenvalue weighted by molar-refractivity contribution is -0.140. The fourth-order valence-electron chi connectivity index (χ4n) is 1.39. The van der Waals surface area contributed by atoms with E-state index in [4.69, 9.17) is 5.11 Å². The second-order valence-corrected chi connectivity index (χ2v) is 6.34. The highest BCUT2D eigenvalue weighted by atomic mass is 32.2. The first-order chi connectivity index (χ1) is 9.04. The van der Waals surface area contributed by atoms with Gasteiger partial charge in [0.2, 0.25) is 6.41 Å². The maximum atomic E-state index is 10.8. The van der Waals surface area contributed by atoms with Crippen LogP contribution in [0.3, 0.4) is 0 Å². The predicted octanol–water partition coefficient (Wildman–Crippen LogP) is 2.09. The van der Waals surface area contributed by atoms with Crippen molar-refractivity contribution in [2.45, 2.75) is 38.0 Å². The van der Waals surface area contributed by atoms with Crippen LogP contribution in [0.15, 0.2) is 5.38 Å². The van der Waals surface area contributed by atoms with Crippen LogP contribution in [0.1, 0.15) is 36.9 Å². The molecule has 0 saturated carbocycles. The molecule has 1 amide bonds. The lowest BCUT2D eigenvalue weighted by Crippen LogP contribution is -2.36. The SMILES string of the molecule is CC(C)c1nc(CSCCC(NC=O)C(=O)O)cs1. The Balaban J connectivity index is 2.29. The van der Waals surface area contributed by atoms with Gasteiger partial charge in [-0.25, -0.2) is 9.78 Å². The van der Waals surface area contributed by atoms with Crippen molar-refractivity contribution < 1.29 is 14.7 Å². The van der Waals surface area contributed by atoms with Crippen LogP contribution in [0.4, 0.5) is 0 Å². The van der Waals surface area contributed by atoms with Crippen LogP contribution in [0.5, 0.6) is 0 Å². The van der Waals surface area contributed by atoms with Crippen molar-refractivity contribution in [3.8, 4) is 0 Å². The van der Waals surface area contributed by atoms with Gasteiger partial charge in [0.15, 0.2) is 0 Å². The van der Waals surface area contributed by atoms with Crippen LogP contribution in [-0.4, -0.2) is 34.3 Å². The highest BCUT2D eigenvalue weighted by molar-refractivity contribution is 7.98. The highest BCUT2D eigenvalue weighted by Gasteiger charge is 2.15. The molecule has 0 aliphatic carbocycles. The van der Waals surface area contributed by atoms with Gasteiger partial charge in [-0.1, -0.05) is 13.8 Å². The number of aliphatic carboxylic acids is 1. The van der Waals surface area contributed by atoms with Gasteiger partial charge in [0.25, 0.3) is 0 Å². The van der Waals surface area contributed by atoms with Crippen molar-refractivity contribution in [3.05, 3.63) is 16.1 Å². The smallest absolute Gasteiger partial charge is 0.326 e. The zero-order valence-corrected chi connectivity index (χ0v) is 12.6. The Morgan fingerprint density at radius 3 is 2.89 bits per heavy atom. The molecule has 1 atom stereocenters. The minimum atomic E-state index is -0.997. The quantitative estimate of drug-likeness (QED) is 0.539. The van der Waals surface area contributed by atoms with Crippen molar-refractivity contribution in [2.24, 2.45) is 0 Å². The van der Waals surface area contributed by atoms with E-state index in [1.807, 2.05) is 5.38 Å². The van der Waals surface area contributed by atoms with Gasteiger partial charge in [0.05, 0.1) is 10.7 Å². The molecular formula is C12H18N2O3S2. The van der Waals surface area contributed by atoms with Gasteiger partial charge in [0, 0.05) is 17.1 Å². The van der Waals surface area contributed by atoms with Gasteiger partial charge in [0.1, 0.15) is 6.04 Å². The van der Waals surface area contributed by atoms with E-state index in [2.05, 4.69) is 24.1 Å². The summed E-state index contributed by atoms with van der Waals surface area (Å²) in [7, 11) is 0. The number of thiazole rings is 1. The third-order valence-electron chi connectivity index (χ3n) is 2.43. The van der Waals surface area contributed by atoms with Crippen molar-refractivity contribution in [3.63, 3.8) is 0 Å². The number of hydrogen-bond acceptors (Lipinski definition) is 5. The number of nitrogens with zero attached hydrogens (tertiary/aromatic N) is 1. The van der Waals surface area contributed by atoms with Gasteiger partial charge >= 0.3 is 5.97 Å². The number of nitrogens with one attached hydrogen (secondary N) is 1. The van der Waals surface area contributed by atoms with Crippen LogP contribution in [-0.2, 0) is 15.3 Å². The lowest BCUT2D eigenvalue weighted by Gasteiger charge is -2.09. The van der Waals surface area contributed by atoms with Gasteiger partial charge < -0.3 is 10.4 Å². The molecule has 7 heteroatoms. The Labute approximate surface area is 120 Å². The number of hydrogen-bond donors (Lipinski definition) is 2. The van der Waals surface area contributed by atoms with E-state index in [1.54, 1.807) is 23.1 Å². The number of carboxylic acids is 1. The van der Waals surface area contributed by atoms with E-state index in [0.717, 1.165) is 16.5 Å². The number of aromatic nitrogens is 1. The second-order valence-electron chi connectivity index (χ2n) is 4.35. The standard InChI is InChI=1S/C12H18N2O3S2/c1-8(2)11-14-9(6-19-11)5-18-4-3-10(12(16)17)13-7-15/h6-8,10H,3-5H2,1-2H3,(H,13,15)(H,16,17). The number of rotatable bonds is 9. The molecule has 0 aliphatic heterocycles. The molecule has 0 saturated heterocycles. The monoisotopic (exact) mass is 302 g/mol. The number of carbonyl (C=O) groups excluding carboxylic acids is 1. The molecule has 1 heterocycles. The minimum Gasteiger partial charge on any atom is -0.480 e. The van der Waals surface area contributed by atoms with Gasteiger partial charge in [-0.3, -0.25) is 4.79 Å². The van der Waals surface area contributed by atoms with E-state index >= 15 is 0 Å². The first-order valence-corrected chi connectivity index (χ1v) is 8.02. The summed E-state index contributed by atoms with van der Waals surface area (Å²) in [4.78, 5) is 25.5. The largest absolute Gasteiger partial charge is 0.480 e. The molecular weight excluding hydrogens is 284 g/mol. The zero-order chi connectivity index (χ0) is 14.3. The maximum Gasteiger partial charge on any atom is 0.326 e. The zero-order valence-electron chi connectivity index (χ0n) is 11.0. The first kappa shape index (κ1) is 16.0. The van der Waals surface area contributed by atoms with Crippen molar-refractivity contribution in [2.75, 3.05) is 5.75 Å². The Morgan fingerprint density at radius 1 is 1.63 bits per heavy atom.